The first-order valence-electron chi connectivity index (χ1n) is 12.4. The zero-order valence-corrected chi connectivity index (χ0v) is 22.3. The van der Waals surface area contributed by atoms with Crippen molar-refractivity contribution in [3.8, 4) is 5.69 Å². The molecule has 2 amide bonds. The quantitative estimate of drug-likeness (QED) is 0.304. The molecule has 0 aliphatic rings. The number of nitro groups is 1. The molecule has 0 saturated carbocycles. The largest absolute Gasteiger partial charge is 0.329 e. The zero-order valence-electron chi connectivity index (χ0n) is 22.3. The lowest BCUT2D eigenvalue weighted by Crippen LogP contribution is -2.39. The molecule has 37 heavy (non-hydrogen) atoms. The van der Waals surface area contributed by atoms with E-state index in [4.69, 9.17) is 5.10 Å². The number of rotatable bonds is 9. The van der Waals surface area contributed by atoms with E-state index < -0.39 is 4.92 Å². The molecule has 1 aromatic heterocycles. The molecule has 0 aliphatic carbocycles. The maximum absolute atomic E-state index is 13.3. The van der Waals surface area contributed by atoms with Crippen molar-refractivity contribution >= 4 is 23.3 Å². The van der Waals surface area contributed by atoms with Gasteiger partial charge in [0, 0.05) is 35.7 Å². The Morgan fingerprint density at radius 3 is 2.32 bits per heavy atom. The summed E-state index contributed by atoms with van der Waals surface area (Å²) in [6, 6.07) is 15.1. The number of para-hydroxylation sites is 1. The number of hydrogen-bond donors (Lipinski definition) is 1. The minimum absolute atomic E-state index is 0.0952. The normalized spacial score (nSPS) is 11.4. The number of carbonyl (C=O) groups is 2. The standard InChI is InChI=1S/C28H35N5O4/c1-19(2)15-16-31(27(35)21-11-13-22(14-12-21)33(36)37)18-26(34)29-25-17-24(28(4,5)6)30-32(25)23-10-8-7-9-20(23)3/h7-14,17,19H,15-16,18H2,1-6H3,(H,29,34). The first kappa shape index (κ1) is 27.6. The van der Waals surface area contributed by atoms with Crippen LogP contribution in [-0.4, -0.2) is 44.5 Å². The van der Waals surface area contributed by atoms with E-state index in [1.807, 2.05) is 51.1 Å². The SMILES string of the molecule is Cc1ccccc1-n1nc(C(C)(C)C)cc1NC(=O)CN(CCC(C)C)C(=O)c1ccc([N+](=O)[O-])cc1. The van der Waals surface area contributed by atoms with Crippen molar-refractivity contribution in [2.45, 2.75) is 53.4 Å². The van der Waals surface area contributed by atoms with Crippen LogP contribution in [0.2, 0.25) is 0 Å². The van der Waals surface area contributed by atoms with Crippen molar-refractivity contribution in [2.24, 2.45) is 5.92 Å². The fraction of sp³-hybridized carbons (Fsp3) is 0.393. The minimum Gasteiger partial charge on any atom is -0.329 e. The first-order chi connectivity index (χ1) is 17.4. The summed E-state index contributed by atoms with van der Waals surface area (Å²) in [5, 5.41) is 18.7. The van der Waals surface area contributed by atoms with Gasteiger partial charge in [-0.3, -0.25) is 19.7 Å². The van der Waals surface area contributed by atoms with Gasteiger partial charge in [-0.15, -0.1) is 0 Å². The number of aromatic nitrogens is 2. The van der Waals surface area contributed by atoms with Gasteiger partial charge in [-0.1, -0.05) is 52.8 Å². The van der Waals surface area contributed by atoms with Crippen LogP contribution in [0.15, 0.2) is 54.6 Å². The summed E-state index contributed by atoms with van der Waals surface area (Å²) in [5.41, 5.74) is 2.65. The van der Waals surface area contributed by atoms with E-state index in [0.717, 1.165) is 16.9 Å². The van der Waals surface area contributed by atoms with E-state index in [9.17, 15) is 19.7 Å². The third kappa shape index (κ3) is 7.03. The summed E-state index contributed by atoms with van der Waals surface area (Å²) in [6.07, 6.45) is 0.710. The number of carbonyl (C=O) groups excluding carboxylic acids is 2. The average molecular weight is 506 g/mol. The molecule has 0 bridgehead atoms. The molecule has 0 radical (unpaired) electrons. The lowest BCUT2D eigenvalue weighted by Gasteiger charge is -2.23. The number of aryl methyl sites for hydroxylation is 1. The van der Waals surface area contributed by atoms with Crippen LogP contribution < -0.4 is 5.32 Å². The van der Waals surface area contributed by atoms with E-state index in [-0.39, 0.29) is 29.5 Å². The summed E-state index contributed by atoms with van der Waals surface area (Å²) in [7, 11) is 0. The van der Waals surface area contributed by atoms with Crippen LogP contribution in [0.3, 0.4) is 0 Å². The maximum Gasteiger partial charge on any atom is 0.269 e. The van der Waals surface area contributed by atoms with Crippen LogP contribution in [-0.2, 0) is 10.2 Å². The molecular weight excluding hydrogens is 470 g/mol. The highest BCUT2D eigenvalue weighted by Crippen LogP contribution is 2.27. The summed E-state index contributed by atoms with van der Waals surface area (Å²) in [5.74, 6) is 0.144. The van der Waals surface area contributed by atoms with Crippen LogP contribution in [0.5, 0.6) is 0 Å². The Hall–Kier alpha value is -4.01. The fourth-order valence-corrected chi connectivity index (χ4v) is 3.75. The molecule has 3 rings (SSSR count). The lowest BCUT2D eigenvalue weighted by molar-refractivity contribution is -0.384. The highest BCUT2D eigenvalue weighted by atomic mass is 16.6. The van der Waals surface area contributed by atoms with Gasteiger partial charge in [0.1, 0.15) is 12.4 Å². The van der Waals surface area contributed by atoms with Gasteiger partial charge in [0.2, 0.25) is 5.91 Å². The number of nitrogens with one attached hydrogen (secondary N) is 1. The Kier molecular flexibility index (Phi) is 8.47. The van der Waals surface area contributed by atoms with Crippen LogP contribution in [0.4, 0.5) is 11.5 Å². The molecule has 9 heteroatoms. The Labute approximate surface area is 217 Å². The summed E-state index contributed by atoms with van der Waals surface area (Å²) in [6.45, 7) is 12.5. The molecule has 0 spiro atoms. The topological polar surface area (TPSA) is 110 Å². The first-order valence-corrected chi connectivity index (χ1v) is 12.4. The highest BCUT2D eigenvalue weighted by Gasteiger charge is 2.24. The molecule has 0 saturated heterocycles. The number of non-ortho nitro benzene ring substituents is 1. The number of amides is 2. The molecular formula is C28H35N5O4. The smallest absolute Gasteiger partial charge is 0.269 e. The molecule has 3 aromatic rings. The van der Waals surface area contributed by atoms with Crippen molar-refractivity contribution in [3.05, 3.63) is 81.5 Å². The van der Waals surface area contributed by atoms with Crippen LogP contribution >= 0.6 is 0 Å². The molecule has 0 aliphatic heterocycles. The second-order valence-electron chi connectivity index (χ2n) is 10.6. The van der Waals surface area contributed by atoms with Gasteiger partial charge in [0.05, 0.1) is 16.3 Å². The van der Waals surface area contributed by atoms with Crippen molar-refractivity contribution in [2.75, 3.05) is 18.4 Å². The molecule has 9 nitrogen and oxygen atoms in total. The van der Waals surface area contributed by atoms with E-state index in [1.54, 1.807) is 4.68 Å². The molecule has 2 aromatic carbocycles. The Morgan fingerprint density at radius 1 is 1.11 bits per heavy atom. The fourth-order valence-electron chi connectivity index (χ4n) is 3.75. The van der Waals surface area contributed by atoms with Crippen LogP contribution in [0, 0.1) is 23.0 Å². The summed E-state index contributed by atoms with van der Waals surface area (Å²) in [4.78, 5) is 38.4. The van der Waals surface area contributed by atoms with Gasteiger partial charge in [0.25, 0.3) is 11.6 Å². The van der Waals surface area contributed by atoms with E-state index >= 15 is 0 Å². The summed E-state index contributed by atoms with van der Waals surface area (Å²) >= 11 is 0. The molecule has 1 N–H and O–H groups in total. The minimum atomic E-state index is -0.512. The van der Waals surface area contributed by atoms with Crippen LogP contribution in [0.25, 0.3) is 5.69 Å². The molecule has 0 unspecified atom stereocenters. The zero-order chi connectivity index (χ0) is 27.3. The highest BCUT2D eigenvalue weighted by molar-refractivity contribution is 5.99. The molecule has 0 fully saturated rings. The third-order valence-electron chi connectivity index (χ3n) is 6.01. The van der Waals surface area contributed by atoms with E-state index in [2.05, 4.69) is 26.1 Å². The molecule has 196 valence electrons. The van der Waals surface area contributed by atoms with E-state index in [1.165, 1.54) is 29.2 Å². The molecule has 0 atom stereocenters. The molecule has 1 heterocycles. The predicted molar refractivity (Wildman–Crippen MR) is 144 cm³/mol. The second-order valence-corrected chi connectivity index (χ2v) is 10.6. The number of nitrogens with zero attached hydrogens (tertiary/aromatic N) is 4. The Bertz CT molecular complexity index is 1270. The Balaban J connectivity index is 1.87. The number of anilines is 1. The van der Waals surface area contributed by atoms with E-state index in [0.29, 0.717) is 30.3 Å². The Morgan fingerprint density at radius 2 is 1.76 bits per heavy atom. The van der Waals surface area contributed by atoms with Gasteiger partial charge < -0.3 is 10.2 Å². The van der Waals surface area contributed by atoms with Crippen LogP contribution in [0.1, 0.15) is 62.7 Å². The monoisotopic (exact) mass is 505 g/mol. The average Bonchev–Trinajstić information content (AvgIpc) is 3.25. The van der Waals surface area contributed by atoms with Gasteiger partial charge in [-0.2, -0.15) is 5.10 Å². The van der Waals surface area contributed by atoms with Gasteiger partial charge in [-0.05, 0) is 43.0 Å². The maximum atomic E-state index is 13.3. The summed E-state index contributed by atoms with van der Waals surface area (Å²) < 4.78 is 1.73. The number of benzene rings is 2. The lowest BCUT2D eigenvalue weighted by atomic mass is 9.92. The van der Waals surface area contributed by atoms with Gasteiger partial charge in [0.15, 0.2) is 0 Å². The van der Waals surface area contributed by atoms with Gasteiger partial charge >= 0.3 is 0 Å². The van der Waals surface area contributed by atoms with Crippen molar-refractivity contribution in [1.82, 2.24) is 14.7 Å². The van der Waals surface area contributed by atoms with Gasteiger partial charge in [-0.25, -0.2) is 4.68 Å². The number of hydrogen-bond acceptors (Lipinski definition) is 5. The number of nitro benzene ring substituents is 1. The van der Waals surface area contributed by atoms with Crippen molar-refractivity contribution in [1.29, 1.82) is 0 Å². The van der Waals surface area contributed by atoms with Crippen molar-refractivity contribution in [3.63, 3.8) is 0 Å². The second kappa shape index (κ2) is 11.4. The van der Waals surface area contributed by atoms with Crippen molar-refractivity contribution < 1.29 is 14.5 Å². The predicted octanol–water partition coefficient (Wildman–Crippen LogP) is 5.51. The third-order valence-corrected chi connectivity index (χ3v) is 6.01.